The highest BCUT2D eigenvalue weighted by Gasteiger charge is 2.45. The highest BCUT2D eigenvalue weighted by Crippen LogP contribution is 2.33. The number of carbonyl (C=O) groups is 1. The molecular formula is C16H17N3O4S. The molecule has 1 aromatic heterocycles. The molecule has 3 atom stereocenters. The lowest BCUT2D eigenvalue weighted by Crippen LogP contribution is -2.37. The predicted octanol–water partition coefficient (Wildman–Crippen LogP) is 1.88. The monoisotopic (exact) mass is 347 g/mol. The second kappa shape index (κ2) is 5.80. The molecule has 126 valence electrons. The molecule has 1 aromatic carbocycles. The van der Waals surface area contributed by atoms with Crippen molar-refractivity contribution in [2.75, 3.05) is 13.7 Å². The number of Topliss-reactive ketones (excluding diaryl/α,β-unsaturated/α-hetero) is 1. The van der Waals surface area contributed by atoms with Gasteiger partial charge in [0, 0.05) is 19.0 Å². The second-order valence-electron chi connectivity index (χ2n) is 5.92. The van der Waals surface area contributed by atoms with Crippen LogP contribution < -0.4 is 4.74 Å². The van der Waals surface area contributed by atoms with Crippen LogP contribution in [0, 0.1) is 4.77 Å². The summed E-state index contributed by atoms with van der Waals surface area (Å²) >= 11 is 5.53. The molecule has 2 aliphatic heterocycles. The molecule has 3 heterocycles. The molecule has 0 saturated carbocycles. The summed E-state index contributed by atoms with van der Waals surface area (Å²) in [6.45, 7) is 0.386. The molecule has 4 rings (SSSR count). The van der Waals surface area contributed by atoms with Crippen molar-refractivity contribution in [1.29, 1.82) is 0 Å². The number of hydrogen-bond acceptors (Lipinski definition) is 6. The lowest BCUT2D eigenvalue weighted by Gasteiger charge is -2.26. The van der Waals surface area contributed by atoms with Crippen LogP contribution in [0.15, 0.2) is 24.3 Å². The van der Waals surface area contributed by atoms with Gasteiger partial charge in [-0.1, -0.05) is 0 Å². The molecular weight excluding hydrogens is 330 g/mol. The van der Waals surface area contributed by atoms with Gasteiger partial charge >= 0.3 is 0 Å². The van der Waals surface area contributed by atoms with Crippen molar-refractivity contribution in [1.82, 2.24) is 14.3 Å². The number of methoxy groups -OCH3 is 1. The van der Waals surface area contributed by atoms with Gasteiger partial charge in [-0.15, -0.1) is 0 Å². The highest BCUT2D eigenvalue weighted by molar-refractivity contribution is 7.71. The van der Waals surface area contributed by atoms with Crippen LogP contribution in [-0.2, 0) is 21.3 Å². The maximum atomic E-state index is 12.0. The van der Waals surface area contributed by atoms with Gasteiger partial charge in [0.2, 0.25) is 6.29 Å². The Bertz CT molecular complexity index is 842. The quantitative estimate of drug-likeness (QED) is 0.790. The number of aromatic nitrogens is 3. The van der Waals surface area contributed by atoms with Gasteiger partial charge in [-0.3, -0.25) is 4.79 Å². The molecule has 2 aliphatic rings. The molecule has 8 heteroatoms. The third kappa shape index (κ3) is 2.38. The van der Waals surface area contributed by atoms with Crippen LogP contribution in [0.2, 0.25) is 0 Å². The maximum absolute atomic E-state index is 12.0. The molecule has 7 nitrogen and oxygen atoms in total. The summed E-state index contributed by atoms with van der Waals surface area (Å²) in [4.78, 5) is 12.0. The Morgan fingerprint density at radius 1 is 1.33 bits per heavy atom. The molecule has 0 N–H and O–H groups in total. The SMILES string of the molecule is COc1ccc(-c2nn([C@@H]3CC(=O)[C@@H]4OC[C@H]3O4)c(=S)n2C)cc1. The van der Waals surface area contributed by atoms with Gasteiger partial charge < -0.3 is 18.8 Å². The molecule has 0 aliphatic carbocycles. The maximum Gasteiger partial charge on any atom is 0.218 e. The minimum absolute atomic E-state index is 0.0627. The fraction of sp³-hybridized carbons (Fsp3) is 0.438. The summed E-state index contributed by atoms with van der Waals surface area (Å²) in [5.74, 6) is 1.45. The largest absolute Gasteiger partial charge is 0.497 e. The van der Waals surface area contributed by atoms with E-state index in [1.165, 1.54) is 0 Å². The smallest absolute Gasteiger partial charge is 0.218 e. The molecule has 24 heavy (non-hydrogen) atoms. The molecule has 2 bridgehead atoms. The molecule has 0 amide bonds. The minimum atomic E-state index is -0.717. The Hall–Kier alpha value is -2.03. The van der Waals surface area contributed by atoms with Crippen molar-refractivity contribution in [2.24, 2.45) is 7.05 Å². The van der Waals surface area contributed by atoms with Crippen molar-refractivity contribution in [3.63, 3.8) is 0 Å². The Morgan fingerprint density at radius 2 is 2.08 bits per heavy atom. The van der Waals surface area contributed by atoms with E-state index in [2.05, 4.69) is 5.10 Å². The Balaban J connectivity index is 1.73. The summed E-state index contributed by atoms with van der Waals surface area (Å²) in [7, 11) is 3.49. The summed E-state index contributed by atoms with van der Waals surface area (Å²) < 4.78 is 20.3. The number of fused-ring (bicyclic) bond motifs is 2. The molecule has 0 unspecified atom stereocenters. The van der Waals surface area contributed by atoms with Crippen LogP contribution in [0.4, 0.5) is 0 Å². The van der Waals surface area contributed by atoms with Gasteiger partial charge in [-0.05, 0) is 36.5 Å². The van der Waals surface area contributed by atoms with Gasteiger partial charge in [-0.2, -0.15) is 5.10 Å². The lowest BCUT2D eigenvalue weighted by molar-refractivity contribution is -0.156. The number of nitrogens with zero attached hydrogens (tertiary/aromatic N) is 3. The van der Waals surface area contributed by atoms with E-state index in [9.17, 15) is 4.79 Å². The summed E-state index contributed by atoms with van der Waals surface area (Å²) in [5, 5.41) is 4.66. The van der Waals surface area contributed by atoms with E-state index in [4.69, 9.17) is 26.4 Å². The van der Waals surface area contributed by atoms with Crippen LogP contribution in [-0.4, -0.2) is 46.2 Å². The van der Waals surface area contributed by atoms with Crippen molar-refractivity contribution in [3.8, 4) is 17.1 Å². The highest BCUT2D eigenvalue weighted by atomic mass is 32.1. The zero-order valence-corrected chi connectivity index (χ0v) is 14.2. The zero-order valence-electron chi connectivity index (χ0n) is 13.3. The molecule has 0 radical (unpaired) electrons. The van der Waals surface area contributed by atoms with Crippen molar-refractivity contribution >= 4 is 18.0 Å². The number of rotatable bonds is 3. The van der Waals surface area contributed by atoms with Crippen molar-refractivity contribution < 1.29 is 19.0 Å². The zero-order chi connectivity index (χ0) is 16.8. The number of ether oxygens (including phenoxy) is 3. The number of carbonyl (C=O) groups excluding carboxylic acids is 1. The van der Waals surface area contributed by atoms with Gasteiger partial charge in [-0.25, -0.2) is 4.68 Å². The first-order valence-corrected chi connectivity index (χ1v) is 8.09. The summed E-state index contributed by atoms with van der Waals surface area (Å²) in [6.07, 6.45) is -0.592. The average Bonchev–Trinajstić information content (AvgIpc) is 3.16. The molecule has 2 fully saturated rings. The van der Waals surface area contributed by atoms with Crippen molar-refractivity contribution in [2.45, 2.75) is 24.9 Å². The normalized spacial score (nSPS) is 25.9. The van der Waals surface area contributed by atoms with E-state index in [1.54, 1.807) is 11.8 Å². The Morgan fingerprint density at radius 3 is 2.79 bits per heavy atom. The summed E-state index contributed by atoms with van der Waals surface area (Å²) in [5.41, 5.74) is 0.923. The Labute approximate surface area is 143 Å². The molecule has 2 saturated heterocycles. The van der Waals surface area contributed by atoms with E-state index < -0.39 is 6.29 Å². The summed E-state index contributed by atoms with van der Waals surface area (Å²) in [6, 6.07) is 7.37. The second-order valence-corrected chi connectivity index (χ2v) is 6.28. The molecule has 2 aromatic rings. The van der Waals surface area contributed by atoms with Gasteiger partial charge in [0.25, 0.3) is 0 Å². The molecule has 0 spiro atoms. The van der Waals surface area contributed by atoms with Gasteiger partial charge in [0.1, 0.15) is 11.9 Å². The number of hydrogen-bond donors (Lipinski definition) is 0. The average molecular weight is 347 g/mol. The van der Waals surface area contributed by atoms with Crippen LogP contribution in [0.5, 0.6) is 5.75 Å². The third-order valence-electron chi connectivity index (χ3n) is 4.48. The number of ketones is 1. The Kier molecular flexibility index (Phi) is 3.75. The van der Waals surface area contributed by atoms with E-state index in [0.29, 0.717) is 17.8 Å². The third-order valence-corrected chi connectivity index (χ3v) is 4.94. The lowest BCUT2D eigenvalue weighted by atomic mass is 10.0. The van der Waals surface area contributed by atoms with E-state index in [-0.39, 0.29) is 17.9 Å². The first-order valence-electron chi connectivity index (χ1n) is 7.68. The minimum Gasteiger partial charge on any atom is -0.497 e. The first kappa shape index (κ1) is 15.5. The topological polar surface area (TPSA) is 67.5 Å². The standard InChI is InChI=1S/C16H17N3O4S/c1-18-14(9-3-5-10(21-2)6-4-9)17-19(16(18)24)11-7-12(20)15-22-8-13(11)23-15/h3-6,11,13,15H,7-8H2,1-2H3/t11-,13-,15-/m1/s1. The fourth-order valence-electron chi connectivity index (χ4n) is 3.13. The van der Waals surface area contributed by atoms with Crippen LogP contribution in [0.1, 0.15) is 12.5 Å². The van der Waals surface area contributed by atoms with Crippen LogP contribution in [0.3, 0.4) is 0 Å². The van der Waals surface area contributed by atoms with E-state index in [1.807, 2.05) is 35.9 Å². The van der Waals surface area contributed by atoms with Crippen molar-refractivity contribution in [3.05, 3.63) is 29.0 Å². The fourth-order valence-corrected chi connectivity index (χ4v) is 3.39. The predicted molar refractivity (Wildman–Crippen MR) is 87.3 cm³/mol. The van der Waals surface area contributed by atoms with Gasteiger partial charge in [0.15, 0.2) is 16.4 Å². The van der Waals surface area contributed by atoms with E-state index >= 15 is 0 Å². The van der Waals surface area contributed by atoms with E-state index in [0.717, 1.165) is 17.1 Å². The van der Waals surface area contributed by atoms with Gasteiger partial charge in [0.05, 0.1) is 19.8 Å². The first-order chi connectivity index (χ1) is 11.6. The van der Waals surface area contributed by atoms with Crippen LogP contribution >= 0.6 is 12.2 Å². The number of benzene rings is 1. The van der Waals surface area contributed by atoms with Crippen LogP contribution in [0.25, 0.3) is 11.4 Å².